The van der Waals surface area contributed by atoms with Gasteiger partial charge in [-0.05, 0) is 56.3 Å². The van der Waals surface area contributed by atoms with Gasteiger partial charge in [0.15, 0.2) is 11.5 Å². The molecule has 0 aliphatic carbocycles. The van der Waals surface area contributed by atoms with Crippen LogP contribution in [0.1, 0.15) is 41.8 Å². The number of nitrogens with one attached hydrogen (secondary N) is 2. The molecule has 0 fully saturated rings. The topological polar surface area (TPSA) is 139 Å². The molecule has 0 bridgehead atoms. The van der Waals surface area contributed by atoms with Crippen LogP contribution in [0.4, 0.5) is 0 Å². The highest BCUT2D eigenvalue weighted by molar-refractivity contribution is 6.30. The van der Waals surface area contributed by atoms with Gasteiger partial charge in [0.1, 0.15) is 12.4 Å². The molecular formula is C32H38ClN3O7. The van der Waals surface area contributed by atoms with Crippen molar-refractivity contribution in [3.8, 4) is 17.2 Å². The summed E-state index contributed by atoms with van der Waals surface area (Å²) in [6.45, 7) is 6.35. The monoisotopic (exact) mass is 611 g/mol. The maximum atomic E-state index is 12.1. The Morgan fingerprint density at radius 3 is 2.26 bits per heavy atom. The minimum absolute atomic E-state index is 0.0454. The van der Waals surface area contributed by atoms with Crippen molar-refractivity contribution in [2.45, 2.75) is 26.3 Å². The van der Waals surface area contributed by atoms with Crippen molar-refractivity contribution < 1.29 is 34.0 Å². The zero-order valence-corrected chi connectivity index (χ0v) is 25.1. The van der Waals surface area contributed by atoms with Gasteiger partial charge in [0.25, 0.3) is 5.91 Å². The van der Waals surface area contributed by atoms with Gasteiger partial charge < -0.3 is 35.1 Å². The van der Waals surface area contributed by atoms with E-state index < -0.39 is 0 Å². The molecule has 0 spiro atoms. The van der Waals surface area contributed by atoms with Gasteiger partial charge in [-0.1, -0.05) is 35.9 Å². The fourth-order valence-electron chi connectivity index (χ4n) is 4.00. The smallest absolute Gasteiger partial charge is 0.251 e. The normalized spacial score (nSPS) is 12.0. The van der Waals surface area contributed by atoms with Crippen LogP contribution in [0.3, 0.4) is 0 Å². The first-order valence-corrected chi connectivity index (χ1v) is 14.4. The molecule has 0 aromatic heterocycles. The molecule has 0 aliphatic rings. The highest BCUT2D eigenvalue weighted by atomic mass is 35.5. The highest BCUT2D eigenvalue weighted by Crippen LogP contribution is 2.24. The third-order valence-corrected chi connectivity index (χ3v) is 6.32. The molecule has 10 nitrogen and oxygen atoms in total. The van der Waals surface area contributed by atoms with Crippen LogP contribution in [-0.2, 0) is 14.3 Å². The number of rotatable bonds is 17. The number of phenolic OH excluding ortho intramolecular Hbond substituents is 2. The molecule has 0 heterocycles. The van der Waals surface area contributed by atoms with Gasteiger partial charge in [0.2, 0.25) is 5.91 Å². The average molecular weight is 612 g/mol. The summed E-state index contributed by atoms with van der Waals surface area (Å²) in [7, 11) is 0. The fourth-order valence-corrected chi connectivity index (χ4v) is 4.13. The number of nitrogens with zero attached hydrogens (tertiary/aromatic N) is 1. The van der Waals surface area contributed by atoms with Gasteiger partial charge >= 0.3 is 0 Å². The summed E-state index contributed by atoms with van der Waals surface area (Å²) in [5, 5.41) is 24.9. The van der Waals surface area contributed by atoms with Crippen LogP contribution in [0.25, 0.3) is 0 Å². The van der Waals surface area contributed by atoms with E-state index in [0.717, 1.165) is 16.8 Å². The number of hydrogen-bond acceptors (Lipinski definition) is 8. The van der Waals surface area contributed by atoms with Crippen LogP contribution in [0.15, 0.2) is 71.7 Å². The lowest BCUT2D eigenvalue weighted by atomic mass is 10.0. The molecule has 2 amide bonds. The standard InChI is InChI=1S/C32H38ClN3O7/c1-3-34-30(39)19-22(2)36-31(23-7-10-26(33)11-8-23)24-5-4-6-27(20-24)43-18-17-42-16-15-41-14-13-35-32(40)25-9-12-28(37)29(38)21-25/h4-12,20-22,37-38H,3,13-19H2,1-2H3,(H,34,39)(H,35,40)/t22-/m1/s1. The lowest BCUT2D eigenvalue weighted by Crippen LogP contribution is -2.27. The van der Waals surface area contributed by atoms with Gasteiger partial charge in [0, 0.05) is 41.2 Å². The van der Waals surface area contributed by atoms with Crippen LogP contribution in [0.5, 0.6) is 17.2 Å². The second-order valence-corrected chi connectivity index (χ2v) is 9.99. The summed E-state index contributed by atoms with van der Waals surface area (Å²) in [5.74, 6) is -0.401. The Morgan fingerprint density at radius 1 is 0.837 bits per heavy atom. The fraction of sp³-hybridized carbons (Fsp3) is 0.344. The minimum Gasteiger partial charge on any atom is -0.504 e. The van der Waals surface area contributed by atoms with Gasteiger partial charge in [-0.15, -0.1) is 0 Å². The van der Waals surface area contributed by atoms with E-state index in [4.69, 9.17) is 30.8 Å². The molecule has 3 aromatic carbocycles. The van der Waals surface area contributed by atoms with Crippen molar-refractivity contribution in [2.24, 2.45) is 4.99 Å². The molecule has 0 unspecified atom stereocenters. The highest BCUT2D eigenvalue weighted by Gasteiger charge is 2.13. The zero-order chi connectivity index (χ0) is 31.0. The third-order valence-electron chi connectivity index (χ3n) is 6.07. The van der Waals surface area contributed by atoms with Crippen LogP contribution in [0, 0.1) is 0 Å². The summed E-state index contributed by atoms with van der Waals surface area (Å²) >= 11 is 6.10. The summed E-state index contributed by atoms with van der Waals surface area (Å²) in [5.41, 5.74) is 2.71. The Hall–Kier alpha value is -4.12. The van der Waals surface area contributed by atoms with E-state index in [-0.39, 0.29) is 47.9 Å². The summed E-state index contributed by atoms with van der Waals surface area (Å²) in [6.07, 6.45) is 0.280. The van der Waals surface area contributed by atoms with Gasteiger partial charge in [-0.3, -0.25) is 14.6 Å². The first kappa shape index (κ1) is 33.4. The number of amides is 2. The Balaban J connectivity index is 1.42. The maximum absolute atomic E-state index is 12.1. The zero-order valence-electron chi connectivity index (χ0n) is 24.3. The predicted molar refractivity (Wildman–Crippen MR) is 166 cm³/mol. The minimum atomic E-state index is -0.378. The Labute approximate surface area is 256 Å². The van der Waals surface area contributed by atoms with E-state index in [1.807, 2.05) is 62.4 Å². The first-order chi connectivity index (χ1) is 20.8. The van der Waals surface area contributed by atoms with E-state index in [1.54, 1.807) is 0 Å². The Kier molecular flexibility index (Phi) is 13.8. The molecule has 3 aromatic rings. The van der Waals surface area contributed by atoms with Gasteiger partial charge in [-0.2, -0.15) is 0 Å². The Morgan fingerprint density at radius 2 is 1.53 bits per heavy atom. The van der Waals surface area contributed by atoms with E-state index in [0.29, 0.717) is 50.4 Å². The number of carbonyl (C=O) groups is 2. The predicted octanol–water partition coefficient (Wildman–Crippen LogP) is 4.35. The van der Waals surface area contributed by atoms with Crippen molar-refractivity contribution >= 4 is 29.1 Å². The molecule has 0 saturated heterocycles. The van der Waals surface area contributed by atoms with Crippen molar-refractivity contribution in [1.29, 1.82) is 0 Å². The molecule has 230 valence electrons. The number of aromatic hydroxyl groups is 2. The molecule has 3 rings (SSSR count). The van der Waals surface area contributed by atoms with Crippen molar-refractivity contribution in [3.63, 3.8) is 0 Å². The maximum Gasteiger partial charge on any atom is 0.251 e. The lowest BCUT2D eigenvalue weighted by molar-refractivity contribution is -0.121. The van der Waals surface area contributed by atoms with Crippen LogP contribution in [0.2, 0.25) is 5.02 Å². The largest absolute Gasteiger partial charge is 0.504 e. The molecule has 43 heavy (non-hydrogen) atoms. The summed E-state index contributed by atoms with van der Waals surface area (Å²) < 4.78 is 16.9. The average Bonchev–Trinajstić information content (AvgIpc) is 2.99. The van der Waals surface area contributed by atoms with Gasteiger partial charge in [-0.25, -0.2) is 0 Å². The van der Waals surface area contributed by atoms with Crippen LogP contribution in [-0.4, -0.2) is 79.9 Å². The number of carbonyl (C=O) groups excluding carboxylic acids is 2. The Bertz CT molecular complexity index is 1370. The van der Waals surface area contributed by atoms with E-state index in [1.165, 1.54) is 18.2 Å². The van der Waals surface area contributed by atoms with E-state index in [2.05, 4.69) is 10.6 Å². The van der Waals surface area contributed by atoms with E-state index >= 15 is 0 Å². The number of hydrogen-bond donors (Lipinski definition) is 4. The number of benzene rings is 3. The molecule has 1 atom stereocenters. The lowest BCUT2D eigenvalue weighted by Gasteiger charge is -2.14. The summed E-state index contributed by atoms with van der Waals surface area (Å²) in [4.78, 5) is 29.0. The molecule has 0 radical (unpaired) electrons. The van der Waals surface area contributed by atoms with Crippen LogP contribution < -0.4 is 15.4 Å². The number of phenols is 2. The SMILES string of the molecule is CCNC(=O)C[C@@H](C)N=C(c1ccc(Cl)cc1)c1cccc(OCCOCCOCCNC(=O)c2ccc(O)c(O)c2)c1. The molecule has 0 aliphatic heterocycles. The van der Waals surface area contributed by atoms with Crippen LogP contribution >= 0.6 is 11.6 Å². The number of aliphatic imine (C=N–C) groups is 1. The quantitative estimate of drug-likeness (QED) is 0.101. The first-order valence-electron chi connectivity index (χ1n) is 14.1. The molecular weight excluding hydrogens is 574 g/mol. The third kappa shape index (κ3) is 11.6. The number of ether oxygens (including phenoxy) is 3. The second-order valence-electron chi connectivity index (χ2n) is 9.55. The second kappa shape index (κ2) is 17.7. The molecule has 11 heteroatoms. The van der Waals surface area contributed by atoms with Crippen molar-refractivity contribution in [2.75, 3.05) is 46.1 Å². The van der Waals surface area contributed by atoms with E-state index in [9.17, 15) is 19.8 Å². The number of halogens is 1. The van der Waals surface area contributed by atoms with Crippen molar-refractivity contribution in [3.05, 3.63) is 88.4 Å². The van der Waals surface area contributed by atoms with Gasteiger partial charge in [0.05, 0.1) is 38.2 Å². The molecule has 4 N–H and O–H groups in total. The summed E-state index contributed by atoms with van der Waals surface area (Å²) in [6, 6.07) is 18.7. The van der Waals surface area contributed by atoms with Crippen molar-refractivity contribution in [1.82, 2.24) is 10.6 Å². The molecule has 0 saturated carbocycles.